The number of aliphatic hydroxyl groups excluding tert-OH is 12. The van der Waals surface area contributed by atoms with Gasteiger partial charge in [-0.05, 0) is 20.8 Å². The maximum absolute atomic E-state index is 11.5. The van der Waals surface area contributed by atoms with Crippen molar-refractivity contribution < 1.29 is 104 Å². The molecule has 0 bridgehead atoms. The summed E-state index contributed by atoms with van der Waals surface area (Å²) in [5.41, 5.74) is 0. The molecule has 0 aromatic heterocycles. The molecule has 0 radical (unpaired) electrons. The van der Waals surface area contributed by atoms with E-state index in [2.05, 4.69) is 0 Å². The van der Waals surface area contributed by atoms with Crippen molar-refractivity contribution in [2.24, 2.45) is 0 Å². The molecule has 0 spiro atoms. The number of hydrogen-bond acceptors (Lipinski definition) is 21. The third kappa shape index (κ3) is 8.07. The van der Waals surface area contributed by atoms with Crippen molar-refractivity contribution in [1.82, 2.24) is 0 Å². The largest absolute Gasteiger partial charge is 0.388 e. The van der Waals surface area contributed by atoms with E-state index in [0.29, 0.717) is 0 Å². The molecule has 5 rings (SSSR count). The average molecular weight is 721 g/mol. The third-order valence-corrected chi connectivity index (χ3v) is 9.43. The zero-order valence-corrected chi connectivity index (χ0v) is 26.7. The van der Waals surface area contributed by atoms with E-state index in [-0.39, 0.29) is 6.61 Å². The van der Waals surface area contributed by atoms with Gasteiger partial charge in [-0.1, -0.05) is 0 Å². The minimum Gasteiger partial charge on any atom is -0.388 e. The first-order chi connectivity index (χ1) is 23.0. The Morgan fingerprint density at radius 3 is 1.43 bits per heavy atom. The van der Waals surface area contributed by atoms with Crippen LogP contribution < -0.4 is 0 Å². The highest BCUT2D eigenvalue weighted by molar-refractivity contribution is 4.96. The van der Waals surface area contributed by atoms with Crippen LogP contribution in [0.15, 0.2) is 0 Å². The Morgan fingerprint density at radius 2 is 0.857 bits per heavy atom. The number of ether oxygens (including phenoxy) is 9. The van der Waals surface area contributed by atoms with Crippen molar-refractivity contribution in [3.63, 3.8) is 0 Å². The van der Waals surface area contributed by atoms with E-state index < -0.39 is 148 Å². The lowest BCUT2D eigenvalue weighted by molar-refractivity contribution is -0.388. The summed E-state index contributed by atoms with van der Waals surface area (Å²) in [6.07, 6.45) is -35.7. The van der Waals surface area contributed by atoms with Crippen LogP contribution in [-0.4, -0.2) is 216 Å². The first-order valence-electron chi connectivity index (χ1n) is 16.0. The summed E-state index contributed by atoms with van der Waals surface area (Å²) in [7, 11) is 0. The van der Waals surface area contributed by atoms with Gasteiger partial charge in [0.1, 0.15) is 91.6 Å². The molecule has 21 nitrogen and oxygen atoms in total. The standard InChI is InChI=1S/C28H48O21/c1-6-11(30)14(33)17(36)26(43-6)46-10-5-42-25(20(39)22(10)48-27-18(37)15(34)12(31)7(2)44-27)47-21-8(3)45-28(19(38)16(21)35)49-23-13(32)9(29)4-41-24(23)40/h6-40H,4-5H2,1-3H3/t6-,7-,8-,9+,10+,11-,12-,13-,14+,15+,16-,17+,18+,19+,20+,21-,22-,23+,24+,25-,26-,27-,28-/m0/s1. The summed E-state index contributed by atoms with van der Waals surface area (Å²) >= 11 is 0. The predicted octanol–water partition coefficient (Wildman–Crippen LogP) is -7.56. The zero-order valence-electron chi connectivity index (χ0n) is 26.7. The van der Waals surface area contributed by atoms with Gasteiger partial charge < -0.3 is 104 Å². The Labute approximate surface area is 279 Å². The highest BCUT2D eigenvalue weighted by Crippen LogP contribution is 2.34. The van der Waals surface area contributed by atoms with Gasteiger partial charge in [-0.15, -0.1) is 0 Å². The molecule has 21 heteroatoms. The van der Waals surface area contributed by atoms with Crippen LogP contribution in [-0.2, 0) is 42.6 Å². The second-order valence-corrected chi connectivity index (χ2v) is 13.0. The molecule has 0 unspecified atom stereocenters. The van der Waals surface area contributed by atoms with Crippen LogP contribution in [0.25, 0.3) is 0 Å². The molecule has 0 aliphatic carbocycles. The normalized spacial score (nSPS) is 56.0. The highest BCUT2D eigenvalue weighted by Gasteiger charge is 2.54. The second-order valence-electron chi connectivity index (χ2n) is 13.0. The monoisotopic (exact) mass is 720 g/mol. The first-order valence-corrected chi connectivity index (χ1v) is 16.0. The summed E-state index contributed by atoms with van der Waals surface area (Å²) in [5.74, 6) is 0. The molecule has 12 N–H and O–H groups in total. The van der Waals surface area contributed by atoms with E-state index in [0.717, 1.165) is 0 Å². The Balaban J connectivity index is 1.30. The van der Waals surface area contributed by atoms with Gasteiger partial charge in [-0.3, -0.25) is 0 Å². The van der Waals surface area contributed by atoms with Crippen molar-refractivity contribution in [2.75, 3.05) is 13.2 Å². The Morgan fingerprint density at radius 1 is 0.388 bits per heavy atom. The van der Waals surface area contributed by atoms with Crippen LogP contribution in [0.2, 0.25) is 0 Å². The SMILES string of the molecule is C[C@@H]1O[C@@H](O[C@@H]2[C@@H](O)[C@H](O[C@@H]3[C@@H](O)[C@@H](O)[C@H](O[C@@H]4[C@@H](O)[C@H](O)CO[C@H]4O)O[C@H]3C)OC[C@H]2O[C@@H]2O[C@@H](C)[C@H](O)[C@@H](O)[C@H]2O)[C@H](O)[C@H](O)[C@H]1O. The molecule has 5 aliphatic rings. The predicted molar refractivity (Wildman–Crippen MR) is 150 cm³/mol. The summed E-state index contributed by atoms with van der Waals surface area (Å²) in [4.78, 5) is 0. The molecule has 23 atom stereocenters. The van der Waals surface area contributed by atoms with E-state index in [1.54, 1.807) is 0 Å². The topological polar surface area (TPSA) is 326 Å². The summed E-state index contributed by atoms with van der Waals surface area (Å²) in [5, 5.41) is 125. The Kier molecular flexibility index (Phi) is 12.9. The van der Waals surface area contributed by atoms with Crippen molar-refractivity contribution in [1.29, 1.82) is 0 Å². The molecule has 49 heavy (non-hydrogen) atoms. The summed E-state index contributed by atoms with van der Waals surface area (Å²) in [6, 6.07) is 0. The van der Waals surface area contributed by atoms with Gasteiger partial charge in [0.25, 0.3) is 0 Å². The Bertz CT molecular complexity index is 1060. The van der Waals surface area contributed by atoms with Crippen molar-refractivity contribution in [3.8, 4) is 0 Å². The van der Waals surface area contributed by atoms with Crippen LogP contribution in [0.4, 0.5) is 0 Å². The number of aliphatic hydroxyl groups is 12. The fourth-order valence-corrected chi connectivity index (χ4v) is 6.28. The van der Waals surface area contributed by atoms with Gasteiger partial charge in [0.2, 0.25) is 0 Å². The summed E-state index contributed by atoms with van der Waals surface area (Å²) in [6.45, 7) is 3.36. The molecule has 286 valence electrons. The number of hydrogen-bond donors (Lipinski definition) is 12. The maximum atomic E-state index is 11.5. The maximum Gasteiger partial charge on any atom is 0.187 e. The van der Waals surface area contributed by atoms with Gasteiger partial charge in [0, 0.05) is 0 Å². The van der Waals surface area contributed by atoms with Gasteiger partial charge in [0.05, 0.1) is 31.5 Å². The van der Waals surface area contributed by atoms with Crippen molar-refractivity contribution in [2.45, 2.75) is 162 Å². The van der Waals surface area contributed by atoms with Gasteiger partial charge >= 0.3 is 0 Å². The lowest BCUT2D eigenvalue weighted by atomic mass is 9.97. The first kappa shape index (κ1) is 39.4. The quantitative estimate of drug-likeness (QED) is 0.111. The molecule has 0 amide bonds. The van der Waals surface area contributed by atoms with Crippen LogP contribution >= 0.6 is 0 Å². The highest BCUT2D eigenvalue weighted by atomic mass is 16.8. The van der Waals surface area contributed by atoms with Gasteiger partial charge in [-0.25, -0.2) is 0 Å². The van der Waals surface area contributed by atoms with Gasteiger partial charge in [-0.2, -0.15) is 0 Å². The molecular weight excluding hydrogens is 672 g/mol. The van der Waals surface area contributed by atoms with Crippen LogP contribution in [0.5, 0.6) is 0 Å². The van der Waals surface area contributed by atoms with E-state index >= 15 is 0 Å². The van der Waals surface area contributed by atoms with E-state index in [9.17, 15) is 61.3 Å². The molecular formula is C28H48O21. The second kappa shape index (κ2) is 16.0. The fraction of sp³-hybridized carbons (Fsp3) is 1.00. The minimum absolute atomic E-state index is 0.378. The molecule has 5 saturated heterocycles. The molecule has 5 heterocycles. The molecule has 0 aromatic rings. The third-order valence-electron chi connectivity index (χ3n) is 9.43. The molecule has 5 fully saturated rings. The molecule has 0 saturated carbocycles. The summed E-state index contributed by atoms with van der Waals surface area (Å²) < 4.78 is 50.3. The van der Waals surface area contributed by atoms with Crippen LogP contribution in [0.1, 0.15) is 20.8 Å². The molecule has 0 aromatic carbocycles. The van der Waals surface area contributed by atoms with Crippen molar-refractivity contribution >= 4 is 0 Å². The van der Waals surface area contributed by atoms with Gasteiger partial charge in [0.15, 0.2) is 31.5 Å². The fourth-order valence-electron chi connectivity index (χ4n) is 6.28. The lowest BCUT2D eigenvalue weighted by Crippen LogP contribution is -2.66. The Hall–Kier alpha value is -0.840. The number of rotatable bonds is 8. The van der Waals surface area contributed by atoms with Crippen molar-refractivity contribution in [3.05, 3.63) is 0 Å². The lowest BCUT2D eigenvalue weighted by Gasteiger charge is -2.48. The molecule has 5 aliphatic heterocycles. The van der Waals surface area contributed by atoms with Crippen LogP contribution in [0, 0.1) is 0 Å². The van der Waals surface area contributed by atoms with E-state index in [4.69, 9.17) is 42.6 Å². The van der Waals surface area contributed by atoms with Crippen LogP contribution in [0.3, 0.4) is 0 Å². The smallest absolute Gasteiger partial charge is 0.187 e. The van der Waals surface area contributed by atoms with E-state index in [1.165, 1.54) is 20.8 Å². The average Bonchev–Trinajstić information content (AvgIpc) is 3.06. The van der Waals surface area contributed by atoms with E-state index in [1.807, 2.05) is 0 Å². The zero-order chi connectivity index (χ0) is 36.1. The minimum atomic E-state index is -1.86.